The van der Waals surface area contributed by atoms with Crippen LogP contribution in [0.4, 0.5) is 5.69 Å². The molecule has 1 unspecified atom stereocenters. The highest BCUT2D eigenvalue weighted by Gasteiger charge is 2.27. The van der Waals surface area contributed by atoms with Crippen molar-refractivity contribution in [1.29, 1.82) is 0 Å². The van der Waals surface area contributed by atoms with Gasteiger partial charge in [-0.15, -0.1) is 0 Å². The van der Waals surface area contributed by atoms with Crippen LogP contribution in [0, 0.1) is 13.8 Å². The van der Waals surface area contributed by atoms with Gasteiger partial charge in [-0.2, -0.15) is 0 Å². The number of aliphatic imine (C=N–C) groups is 1. The van der Waals surface area contributed by atoms with Crippen LogP contribution in [-0.4, -0.2) is 37.7 Å². The van der Waals surface area contributed by atoms with E-state index in [0.29, 0.717) is 0 Å². The van der Waals surface area contributed by atoms with E-state index in [4.69, 9.17) is 9.57 Å². The van der Waals surface area contributed by atoms with Gasteiger partial charge in [-0.25, -0.2) is 4.99 Å². The van der Waals surface area contributed by atoms with Crippen molar-refractivity contribution in [3.8, 4) is 5.75 Å². The average molecular weight is 365 g/mol. The lowest BCUT2D eigenvalue weighted by Crippen LogP contribution is -2.14. The summed E-state index contributed by atoms with van der Waals surface area (Å²) in [5, 5.41) is 4.32. The zero-order valence-corrected chi connectivity index (χ0v) is 16.7. The summed E-state index contributed by atoms with van der Waals surface area (Å²) in [4.78, 5) is 12.4. The summed E-state index contributed by atoms with van der Waals surface area (Å²) in [5.74, 6) is 0.775. The lowest BCUT2D eigenvalue weighted by Gasteiger charge is -2.16. The van der Waals surface area contributed by atoms with Crippen LogP contribution in [0.2, 0.25) is 0 Å². The third kappa shape index (κ3) is 4.30. The Hall–Kier alpha value is -2.82. The predicted molar refractivity (Wildman–Crippen MR) is 110 cm³/mol. The number of hydrogen-bond acceptors (Lipinski definition) is 4. The second-order valence-corrected chi connectivity index (χ2v) is 6.90. The molecule has 1 aliphatic rings. The SMILES string of the molecule is CCN(C)C=Nc1cc(OC)c(C2CC(c3ccc(C)cc3)=NO2)cc1C. The number of methoxy groups -OCH3 is 1. The maximum atomic E-state index is 5.75. The lowest BCUT2D eigenvalue weighted by molar-refractivity contribution is 0.0836. The second kappa shape index (κ2) is 8.25. The molecule has 142 valence electrons. The molecule has 0 saturated heterocycles. The zero-order valence-electron chi connectivity index (χ0n) is 16.7. The van der Waals surface area contributed by atoms with Crippen molar-refractivity contribution in [2.24, 2.45) is 10.1 Å². The van der Waals surface area contributed by atoms with Crippen LogP contribution in [0.15, 0.2) is 46.5 Å². The molecule has 0 bridgehead atoms. The number of nitrogens with zero attached hydrogens (tertiary/aromatic N) is 3. The van der Waals surface area contributed by atoms with Crippen molar-refractivity contribution in [2.45, 2.75) is 33.3 Å². The molecule has 3 rings (SSSR count). The Balaban J connectivity index is 1.82. The Morgan fingerprint density at radius 2 is 2.00 bits per heavy atom. The normalized spacial score (nSPS) is 16.3. The Kier molecular flexibility index (Phi) is 5.79. The third-order valence-electron chi connectivity index (χ3n) is 4.84. The minimum Gasteiger partial charge on any atom is -0.496 e. The number of ether oxygens (including phenoxy) is 1. The summed E-state index contributed by atoms with van der Waals surface area (Å²) < 4.78 is 5.62. The van der Waals surface area contributed by atoms with Crippen molar-refractivity contribution in [3.63, 3.8) is 0 Å². The van der Waals surface area contributed by atoms with Gasteiger partial charge in [-0.05, 0) is 38.0 Å². The van der Waals surface area contributed by atoms with E-state index in [9.17, 15) is 0 Å². The highest BCUT2D eigenvalue weighted by atomic mass is 16.6. The van der Waals surface area contributed by atoms with E-state index in [2.05, 4.69) is 61.3 Å². The second-order valence-electron chi connectivity index (χ2n) is 6.90. The van der Waals surface area contributed by atoms with Crippen LogP contribution in [0.25, 0.3) is 0 Å². The number of hydrogen-bond donors (Lipinski definition) is 0. The molecule has 2 aromatic carbocycles. The van der Waals surface area contributed by atoms with Gasteiger partial charge in [-0.1, -0.05) is 35.0 Å². The highest BCUT2D eigenvalue weighted by molar-refractivity contribution is 6.01. The van der Waals surface area contributed by atoms with Crippen molar-refractivity contribution < 1.29 is 9.57 Å². The first-order valence-corrected chi connectivity index (χ1v) is 9.24. The number of benzene rings is 2. The van der Waals surface area contributed by atoms with Gasteiger partial charge in [0, 0.05) is 31.6 Å². The molecule has 1 aliphatic heterocycles. The van der Waals surface area contributed by atoms with E-state index >= 15 is 0 Å². The molecular formula is C22H27N3O2. The van der Waals surface area contributed by atoms with Gasteiger partial charge in [0.05, 0.1) is 24.8 Å². The molecule has 5 heteroatoms. The molecule has 0 fully saturated rings. The summed E-state index contributed by atoms with van der Waals surface area (Å²) in [6, 6.07) is 12.4. The van der Waals surface area contributed by atoms with Crippen molar-refractivity contribution in [2.75, 3.05) is 20.7 Å². The van der Waals surface area contributed by atoms with Crippen LogP contribution < -0.4 is 4.74 Å². The molecule has 0 saturated carbocycles. The number of rotatable bonds is 6. The van der Waals surface area contributed by atoms with Crippen molar-refractivity contribution in [3.05, 3.63) is 58.7 Å². The molecule has 5 nitrogen and oxygen atoms in total. The quantitative estimate of drug-likeness (QED) is 0.546. The van der Waals surface area contributed by atoms with Gasteiger partial charge < -0.3 is 14.5 Å². The fraction of sp³-hybridized carbons (Fsp3) is 0.364. The molecule has 0 aliphatic carbocycles. The van der Waals surface area contributed by atoms with Crippen LogP contribution >= 0.6 is 0 Å². The average Bonchev–Trinajstić information content (AvgIpc) is 3.17. The summed E-state index contributed by atoms with van der Waals surface area (Å²) in [6.07, 6.45) is 2.41. The van der Waals surface area contributed by atoms with Gasteiger partial charge in [-0.3, -0.25) is 0 Å². The van der Waals surface area contributed by atoms with Gasteiger partial charge in [0.25, 0.3) is 0 Å². The molecule has 27 heavy (non-hydrogen) atoms. The minimum absolute atomic E-state index is 0.147. The topological polar surface area (TPSA) is 46.4 Å². The van der Waals surface area contributed by atoms with Gasteiger partial charge >= 0.3 is 0 Å². The van der Waals surface area contributed by atoms with Crippen LogP contribution in [0.1, 0.15) is 41.7 Å². The summed E-state index contributed by atoms with van der Waals surface area (Å²) in [5.41, 5.74) is 6.28. The first-order chi connectivity index (χ1) is 13.0. The molecule has 0 aromatic heterocycles. The molecule has 1 atom stereocenters. The highest BCUT2D eigenvalue weighted by Crippen LogP contribution is 2.38. The maximum absolute atomic E-state index is 5.75. The summed E-state index contributed by atoms with van der Waals surface area (Å²) >= 11 is 0. The summed E-state index contributed by atoms with van der Waals surface area (Å²) in [6.45, 7) is 7.13. The Bertz CT molecular complexity index is 857. The summed E-state index contributed by atoms with van der Waals surface area (Å²) in [7, 11) is 3.68. The van der Waals surface area contributed by atoms with Crippen LogP contribution in [0.3, 0.4) is 0 Å². The monoisotopic (exact) mass is 365 g/mol. The van der Waals surface area contributed by atoms with E-state index in [1.807, 2.05) is 24.4 Å². The van der Waals surface area contributed by atoms with E-state index in [0.717, 1.165) is 46.8 Å². The molecule has 2 aromatic rings. The lowest BCUT2D eigenvalue weighted by atomic mass is 9.97. The van der Waals surface area contributed by atoms with Gasteiger partial charge in [0.1, 0.15) is 5.75 Å². The van der Waals surface area contributed by atoms with E-state index in [-0.39, 0.29) is 6.10 Å². The fourth-order valence-corrected chi connectivity index (χ4v) is 2.97. The molecular weight excluding hydrogens is 338 g/mol. The molecule has 0 radical (unpaired) electrons. The van der Waals surface area contributed by atoms with Crippen molar-refractivity contribution in [1.82, 2.24) is 4.90 Å². The molecule has 0 spiro atoms. The zero-order chi connectivity index (χ0) is 19.4. The minimum atomic E-state index is -0.147. The maximum Gasteiger partial charge on any atom is 0.161 e. The van der Waals surface area contributed by atoms with Gasteiger partial charge in [0.15, 0.2) is 6.10 Å². The number of aryl methyl sites for hydroxylation is 2. The number of oxime groups is 1. The predicted octanol–water partition coefficient (Wildman–Crippen LogP) is 4.79. The van der Waals surface area contributed by atoms with E-state index < -0.39 is 0 Å². The Morgan fingerprint density at radius 1 is 1.26 bits per heavy atom. The van der Waals surface area contributed by atoms with Crippen LogP contribution in [0.5, 0.6) is 5.75 Å². The fourth-order valence-electron chi connectivity index (χ4n) is 2.97. The molecule has 0 amide bonds. The molecule has 1 heterocycles. The Labute approximate surface area is 161 Å². The first kappa shape index (κ1) is 19.0. The van der Waals surface area contributed by atoms with Crippen LogP contribution in [-0.2, 0) is 4.84 Å². The standard InChI is InChI=1S/C22H27N3O2/c1-6-25(4)14-23-19-12-21(26-5)18(11-16(19)3)22-13-20(24-27-22)17-9-7-15(2)8-10-17/h7-12,14,22H,6,13H2,1-5H3. The molecule has 0 N–H and O–H groups in total. The largest absolute Gasteiger partial charge is 0.496 e. The smallest absolute Gasteiger partial charge is 0.161 e. The first-order valence-electron chi connectivity index (χ1n) is 9.24. The van der Waals surface area contributed by atoms with Gasteiger partial charge in [0.2, 0.25) is 0 Å². The van der Waals surface area contributed by atoms with Crippen molar-refractivity contribution >= 4 is 17.7 Å². The Morgan fingerprint density at radius 3 is 2.67 bits per heavy atom. The third-order valence-corrected chi connectivity index (χ3v) is 4.84. The van der Waals surface area contributed by atoms with E-state index in [1.165, 1.54) is 5.56 Å². The van der Waals surface area contributed by atoms with E-state index in [1.54, 1.807) is 7.11 Å².